The van der Waals surface area contributed by atoms with Gasteiger partial charge in [-0.1, -0.05) is 29.5 Å². The van der Waals surface area contributed by atoms with Crippen molar-refractivity contribution in [3.05, 3.63) is 64.4 Å². The maximum atomic E-state index is 12.5. The van der Waals surface area contributed by atoms with Crippen LogP contribution in [-0.4, -0.2) is 40.2 Å². The lowest BCUT2D eigenvalue weighted by Gasteiger charge is -2.15. The molecular formula is C16H12N4O4S. The van der Waals surface area contributed by atoms with Gasteiger partial charge in [-0.05, 0) is 24.3 Å². The number of nitrogens with zero attached hydrogens (tertiary/aromatic N) is 4. The van der Waals surface area contributed by atoms with Gasteiger partial charge in [0.25, 0.3) is 21.5 Å². The van der Waals surface area contributed by atoms with Gasteiger partial charge in [0, 0.05) is 0 Å². The van der Waals surface area contributed by atoms with Crippen molar-refractivity contribution in [1.82, 2.24) is 19.3 Å². The Morgan fingerprint density at radius 2 is 1.64 bits per heavy atom. The van der Waals surface area contributed by atoms with Gasteiger partial charge in [0.05, 0.1) is 24.0 Å². The zero-order valence-corrected chi connectivity index (χ0v) is 13.7. The Morgan fingerprint density at radius 1 is 0.920 bits per heavy atom. The van der Waals surface area contributed by atoms with E-state index in [4.69, 9.17) is 0 Å². The summed E-state index contributed by atoms with van der Waals surface area (Å²) in [6.45, 7) is -0.265. The first-order valence-corrected chi connectivity index (χ1v) is 8.93. The molecule has 8 nitrogen and oxygen atoms in total. The minimum atomic E-state index is -3.90. The predicted octanol–water partition coefficient (Wildman–Crippen LogP) is 0.636. The summed E-state index contributed by atoms with van der Waals surface area (Å²) in [5.41, 5.74) is 0.215. The molecule has 0 saturated heterocycles. The van der Waals surface area contributed by atoms with Gasteiger partial charge < -0.3 is 0 Å². The van der Waals surface area contributed by atoms with Crippen molar-refractivity contribution in [2.24, 2.45) is 0 Å². The highest BCUT2D eigenvalue weighted by Crippen LogP contribution is 2.29. The molecular weight excluding hydrogens is 344 g/mol. The van der Waals surface area contributed by atoms with Gasteiger partial charge in [0.1, 0.15) is 10.4 Å². The molecule has 0 spiro atoms. The molecule has 2 heterocycles. The minimum Gasteiger partial charge on any atom is -0.268 e. The van der Waals surface area contributed by atoms with E-state index in [2.05, 4.69) is 10.3 Å². The topological polar surface area (TPSA) is 102 Å². The van der Waals surface area contributed by atoms with Gasteiger partial charge in [0.2, 0.25) is 0 Å². The molecule has 0 unspecified atom stereocenters. The molecule has 0 bridgehead atoms. The number of hydrogen-bond donors (Lipinski definition) is 0. The summed E-state index contributed by atoms with van der Waals surface area (Å²) in [4.78, 5) is 24.7. The summed E-state index contributed by atoms with van der Waals surface area (Å²) in [5.74, 6) is -0.600. The lowest BCUT2D eigenvalue weighted by Crippen LogP contribution is -2.36. The normalized spacial score (nSPS) is 15.5. The van der Waals surface area contributed by atoms with E-state index in [1.165, 1.54) is 12.1 Å². The largest absolute Gasteiger partial charge is 0.277 e. The highest BCUT2D eigenvalue weighted by molar-refractivity contribution is 7.90. The molecule has 25 heavy (non-hydrogen) atoms. The van der Waals surface area contributed by atoms with Crippen molar-refractivity contribution < 1.29 is 13.2 Å². The summed E-state index contributed by atoms with van der Waals surface area (Å²) >= 11 is 0. The molecule has 3 aromatic rings. The monoisotopic (exact) mass is 356 g/mol. The average molecular weight is 356 g/mol. The van der Waals surface area contributed by atoms with Crippen LogP contribution in [0.4, 0.5) is 0 Å². The minimum absolute atomic E-state index is 0.0167. The van der Waals surface area contributed by atoms with Crippen molar-refractivity contribution in [3.8, 4) is 0 Å². The summed E-state index contributed by atoms with van der Waals surface area (Å²) in [7, 11) is -3.90. The maximum Gasteiger partial charge on any atom is 0.277 e. The number of aromatic nitrogens is 3. The van der Waals surface area contributed by atoms with E-state index in [0.717, 1.165) is 8.99 Å². The van der Waals surface area contributed by atoms with E-state index < -0.39 is 15.9 Å². The third kappa shape index (κ3) is 2.31. The highest BCUT2D eigenvalue weighted by Gasteiger charge is 2.40. The Hall–Kier alpha value is -3.07. The average Bonchev–Trinajstić information content (AvgIpc) is 2.82. The fourth-order valence-electron chi connectivity index (χ4n) is 2.81. The zero-order valence-electron chi connectivity index (χ0n) is 12.9. The first-order chi connectivity index (χ1) is 12.0. The fraction of sp³-hybridized carbons (Fsp3) is 0.125. The summed E-state index contributed by atoms with van der Waals surface area (Å²) in [6, 6.07) is 12.8. The molecule has 0 fully saturated rings. The number of sulfonamides is 1. The van der Waals surface area contributed by atoms with Crippen LogP contribution in [0.5, 0.6) is 0 Å². The summed E-state index contributed by atoms with van der Waals surface area (Å²) in [5, 5.41) is 8.14. The van der Waals surface area contributed by atoms with Gasteiger partial charge in [-0.25, -0.2) is 17.4 Å². The maximum absolute atomic E-state index is 12.5. The van der Waals surface area contributed by atoms with Crippen molar-refractivity contribution in [2.75, 3.05) is 6.54 Å². The van der Waals surface area contributed by atoms with E-state index in [1.54, 1.807) is 36.4 Å². The molecule has 126 valence electrons. The van der Waals surface area contributed by atoms with Gasteiger partial charge in [-0.3, -0.25) is 9.59 Å². The number of hydrogen-bond acceptors (Lipinski definition) is 6. The van der Waals surface area contributed by atoms with Crippen LogP contribution in [0, 0.1) is 0 Å². The second-order valence-corrected chi connectivity index (χ2v) is 7.34. The van der Waals surface area contributed by atoms with Crippen molar-refractivity contribution in [3.63, 3.8) is 0 Å². The second kappa shape index (κ2) is 5.49. The molecule has 4 rings (SSSR count). The third-order valence-electron chi connectivity index (χ3n) is 4.06. The van der Waals surface area contributed by atoms with Gasteiger partial charge in [0.15, 0.2) is 0 Å². The quantitative estimate of drug-likeness (QED) is 0.682. The zero-order chi connectivity index (χ0) is 17.6. The first-order valence-electron chi connectivity index (χ1n) is 7.49. The molecule has 1 aliphatic rings. The van der Waals surface area contributed by atoms with Crippen molar-refractivity contribution in [2.45, 2.75) is 11.4 Å². The van der Waals surface area contributed by atoms with Crippen LogP contribution < -0.4 is 5.56 Å². The van der Waals surface area contributed by atoms with E-state index in [1.807, 2.05) is 0 Å². The number of fused-ring (bicyclic) bond motifs is 2. The number of amides is 1. The number of carbonyl (C=O) groups is 1. The lowest BCUT2D eigenvalue weighted by molar-refractivity contribution is 0.0866. The van der Waals surface area contributed by atoms with Crippen LogP contribution in [0.15, 0.2) is 58.2 Å². The molecule has 1 aliphatic heterocycles. The fourth-order valence-corrected chi connectivity index (χ4v) is 4.37. The predicted molar refractivity (Wildman–Crippen MR) is 88.5 cm³/mol. The van der Waals surface area contributed by atoms with Crippen LogP contribution in [0.1, 0.15) is 10.4 Å². The molecule has 2 aromatic carbocycles. The number of carbonyl (C=O) groups excluding carboxylic acids is 1. The van der Waals surface area contributed by atoms with E-state index in [9.17, 15) is 18.0 Å². The second-order valence-electron chi connectivity index (χ2n) is 5.51. The molecule has 1 aromatic heterocycles. The summed E-state index contributed by atoms with van der Waals surface area (Å²) < 4.78 is 26.8. The SMILES string of the molecule is O=C1c2ccccc2S(=O)(=O)N1CCn1nnc2ccccc2c1=O. The van der Waals surface area contributed by atoms with Gasteiger partial charge in [-0.15, -0.1) is 5.10 Å². The van der Waals surface area contributed by atoms with Crippen LogP contribution >= 0.6 is 0 Å². The highest BCUT2D eigenvalue weighted by atomic mass is 32.2. The molecule has 0 saturated carbocycles. The third-order valence-corrected chi connectivity index (χ3v) is 5.90. The Kier molecular flexibility index (Phi) is 3.39. The Bertz CT molecular complexity index is 1170. The molecule has 0 aliphatic carbocycles. The van der Waals surface area contributed by atoms with Crippen LogP contribution in [0.2, 0.25) is 0 Å². The van der Waals surface area contributed by atoms with Gasteiger partial charge >= 0.3 is 0 Å². The van der Waals surface area contributed by atoms with Crippen molar-refractivity contribution >= 4 is 26.8 Å². The van der Waals surface area contributed by atoms with Crippen molar-refractivity contribution in [1.29, 1.82) is 0 Å². The number of benzene rings is 2. The Morgan fingerprint density at radius 3 is 2.44 bits per heavy atom. The number of rotatable bonds is 3. The van der Waals surface area contributed by atoms with E-state index in [0.29, 0.717) is 10.9 Å². The molecule has 0 atom stereocenters. The molecule has 9 heteroatoms. The smallest absolute Gasteiger partial charge is 0.268 e. The molecule has 1 amide bonds. The van der Waals surface area contributed by atoms with Crippen LogP contribution in [0.3, 0.4) is 0 Å². The Balaban J connectivity index is 1.66. The lowest BCUT2D eigenvalue weighted by atomic mass is 10.2. The first kappa shape index (κ1) is 15.5. The Labute approximate surface area is 142 Å². The van der Waals surface area contributed by atoms with E-state index >= 15 is 0 Å². The van der Waals surface area contributed by atoms with Crippen LogP contribution in [0.25, 0.3) is 10.9 Å². The standard InChI is InChI=1S/C16H12N4O4S/c21-15-11-5-1-3-7-13(11)17-18-19(15)9-10-20-16(22)12-6-2-4-8-14(12)25(20,23)24/h1-8H,9-10H2. The molecule has 0 radical (unpaired) electrons. The summed E-state index contributed by atoms with van der Waals surface area (Å²) in [6.07, 6.45) is 0. The van der Waals surface area contributed by atoms with Gasteiger partial charge in [-0.2, -0.15) is 0 Å². The molecule has 0 N–H and O–H groups in total. The van der Waals surface area contributed by atoms with Crippen LogP contribution in [-0.2, 0) is 16.6 Å². The van der Waals surface area contributed by atoms with E-state index in [-0.39, 0.29) is 29.1 Å².